The van der Waals surface area contributed by atoms with Gasteiger partial charge in [0, 0.05) is 6.42 Å². The maximum atomic E-state index is 12.5. The van der Waals surface area contributed by atoms with E-state index in [2.05, 4.69) is 27.7 Å². The summed E-state index contributed by atoms with van der Waals surface area (Å²) in [5.41, 5.74) is 0. The second kappa shape index (κ2) is 35.2. The van der Waals surface area contributed by atoms with Gasteiger partial charge in [-0.15, -0.1) is 0 Å². The minimum absolute atomic E-state index is 0.0933. The molecule has 0 aromatic rings. The summed E-state index contributed by atoms with van der Waals surface area (Å²) < 4.78 is 26.6. The molecule has 0 bridgehead atoms. The monoisotopic (exact) mass is 769 g/mol. The zero-order valence-electron chi connectivity index (χ0n) is 35.4. The Hall–Kier alpha value is -2.19. The summed E-state index contributed by atoms with van der Waals surface area (Å²) in [4.78, 5) is 36.1. The molecular weight excluding hydrogens is 684 g/mol. The van der Waals surface area contributed by atoms with Crippen molar-refractivity contribution in [3.8, 4) is 0 Å². The molecule has 9 nitrogen and oxygen atoms in total. The van der Waals surface area contributed by atoms with E-state index in [1.54, 1.807) is 0 Å². The normalized spacial score (nSPS) is 17.1. The summed E-state index contributed by atoms with van der Waals surface area (Å²) >= 11 is 0. The van der Waals surface area contributed by atoms with Crippen LogP contribution in [0.3, 0.4) is 0 Å². The molecule has 54 heavy (non-hydrogen) atoms. The van der Waals surface area contributed by atoms with Crippen LogP contribution in [0.1, 0.15) is 227 Å². The molecule has 1 fully saturated rings. The van der Waals surface area contributed by atoms with E-state index in [9.17, 15) is 14.4 Å². The molecule has 0 spiro atoms. The third-order valence-electron chi connectivity index (χ3n) is 10.7. The average molecular weight is 769 g/mol. The van der Waals surface area contributed by atoms with Gasteiger partial charge in [-0.3, -0.25) is 0 Å². The molecule has 0 amide bonds. The summed E-state index contributed by atoms with van der Waals surface area (Å²) in [6, 6.07) is 0. The van der Waals surface area contributed by atoms with Gasteiger partial charge in [-0.05, 0) is 37.5 Å². The number of hydrogen-bond acceptors (Lipinski definition) is 8. The van der Waals surface area contributed by atoms with Crippen molar-refractivity contribution in [3.63, 3.8) is 0 Å². The third kappa shape index (κ3) is 32.1. The number of carbonyl (C=O) groups excluding carboxylic acids is 2. The Balaban J connectivity index is 2.12. The predicted octanol–water partition coefficient (Wildman–Crippen LogP) is 14.5. The van der Waals surface area contributed by atoms with Crippen molar-refractivity contribution in [1.82, 2.24) is 0 Å². The highest BCUT2D eigenvalue weighted by Crippen LogP contribution is 2.28. The van der Waals surface area contributed by atoms with Crippen LogP contribution in [-0.2, 0) is 23.7 Å². The third-order valence-corrected chi connectivity index (χ3v) is 10.7. The summed E-state index contributed by atoms with van der Waals surface area (Å²) in [5.74, 6) is 1.66. The van der Waals surface area contributed by atoms with Gasteiger partial charge in [0.05, 0.1) is 13.2 Å². The highest BCUT2D eigenvalue weighted by molar-refractivity contribution is 5.61. The molecule has 1 aliphatic rings. The van der Waals surface area contributed by atoms with E-state index in [0.29, 0.717) is 12.8 Å². The molecular formula is C45H84O9. The standard InChI is InChI=1S/C45H84O9/c1-38(2)31-27-23-19-15-11-7-5-9-13-17-21-25-29-35-50-44(48)53-41-34-33-40(52-43(46)47)37-42(41)54-45(49)51-36-30-26-22-18-14-10-6-8-12-16-20-24-28-32-39(3)4/h38-42H,5-37H2,1-4H3,(H,46,47). The van der Waals surface area contributed by atoms with Crippen molar-refractivity contribution < 1.29 is 43.2 Å². The molecule has 0 radical (unpaired) electrons. The van der Waals surface area contributed by atoms with Crippen molar-refractivity contribution in [3.05, 3.63) is 0 Å². The van der Waals surface area contributed by atoms with Crippen molar-refractivity contribution in [2.45, 2.75) is 245 Å². The van der Waals surface area contributed by atoms with Crippen LogP contribution >= 0.6 is 0 Å². The topological polar surface area (TPSA) is 118 Å². The van der Waals surface area contributed by atoms with Crippen molar-refractivity contribution in [2.24, 2.45) is 11.8 Å². The molecule has 3 atom stereocenters. The molecule has 0 aliphatic heterocycles. The van der Waals surface area contributed by atoms with Crippen LogP contribution in [0.2, 0.25) is 0 Å². The number of hydrogen-bond donors (Lipinski definition) is 1. The first-order valence-electron chi connectivity index (χ1n) is 22.7. The molecule has 1 N–H and O–H groups in total. The Morgan fingerprint density at radius 3 is 1.09 bits per heavy atom. The Bertz CT molecular complexity index is 892. The molecule has 1 rings (SSSR count). The van der Waals surface area contributed by atoms with Gasteiger partial charge < -0.3 is 28.8 Å². The van der Waals surface area contributed by atoms with E-state index in [4.69, 9.17) is 28.8 Å². The smallest absolute Gasteiger partial charge is 0.450 e. The van der Waals surface area contributed by atoms with Crippen LogP contribution in [0.25, 0.3) is 0 Å². The maximum absolute atomic E-state index is 12.5. The second-order valence-corrected chi connectivity index (χ2v) is 16.9. The quantitative estimate of drug-likeness (QED) is 0.0382. The van der Waals surface area contributed by atoms with Crippen LogP contribution in [0.15, 0.2) is 0 Å². The predicted molar refractivity (Wildman–Crippen MR) is 218 cm³/mol. The van der Waals surface area contributed by atoms with E-state index in [1.807, 2.05) is 0 Å². The molecule has 1 saturated carbocycles. The van der Waals surface area contributed by atoms with Gasteiger partial charge in [0.1, 0.15) is 18.3 Å². The van der Waals surface area contributed by atoms with Gasteiger partial charge in [0.2, 0.25) is 0 Å². The van der Waals surface area contributed by atoms with Gasteiger partial charge >= 0.3 is 18.5 Å². The lowest BCUT2D eigenvalue weighted by Gasteiger charge is -2.33. The highest BCUT2D eigenvalue weighted by atomic mass is 16.8. The van der Waals surface area contributed by atoms with Gasteiger partial charge in [0.15, 0.2) is 0 Å². The molecule has 0 heterocycles. The second-order valence-electron chi connectivity index (χ2n) is 16.9. The SMILES string of the molecule is CC(C)CCCCCCCCCCCCCCCOC(=O)OC1CCC(OC(=O)O)CC1OC(=O)OCCCCCCCCCCCCCCCC(C)C. The number of unbranched alkanes of at least 4 members (excludes halogenated alkanes) is 24. The van der Waals surface area contributed by atoms with E-state index in [1.165, 1.54) is 141 Å². The number of carboxylic acid groups (broad SMARTS) is 1. The molecule has 9 heteroatoms. The van der Waals surface area contributed by atoms with Crippen LogP contribution in [-0.4, -0.2) is 55.1 Å². The highest BCUT2D eigenvalue weighted by Gasteiger charge is 2.38. The number of ether oxygens (including phenoxy) is 5. The van der Waals surface area contributed by atoms with E-state index in [-0.39, 0.29) is 19.6 Å². The summed E-state index contributed by atoms with van der Waals surface area (Å²) in [6.07, 6.45) is 30.5. The van der Waals surface area contributed by atoms with E-state index in [0.717, 1.165) is 50.4 Å². The van der Waals surface area contributed by atoms with Gasteiger partial charge in [-0.2, -0.15) is 0 Å². The first kappa shape index (κ1) is 49.8. The molecule has 3 unspecified atom stereocenters. The van der Waals surface area contributed by atoms with Gasteiger partial charge in [-0.1, -0.05) is 195 Å². The first-order valence-corrected chi connectivity index (χ1v) is 22.7. The van der Waals surface area contributed by atoms with Crippen molar-refractivity contribution >= 4 is 18.5 Å². The van der Waals surface area contributed by atoms with E-state index < -0.39 is 36.8 Å². The molecule has 318 valence electrons. The minimum Gasteiger partial charge on any atom is -0.450 e. The molecule has 0 aromatic carbocycles. The lowest BCUT2D eigenvalue weighted by atomic mass is 9.92. The molecule has 0 aromatic heterocycles. The molecule has 1 aliphatic carbocycles. The van der Waals surface area contributed by atoms with Crippen LogP contribution < -0.4 is 0 Å². The van der Waals surface area contributed by atoms with Crippen molar-refractivity contribution in [2.75, 3.05) is 13.2 Å². The largest absolute Gasteiger partial charge is 0.508 e. The number of carbonyl (C=O) groups is 3. The summed E-state index contributed by atoms with van der Waals surface area (Å²) in [5, 5.41) is 9.07. The summed E-state index contributed by atoms with van der Waals surface area (Å²) in [7, 11) is 0. The van der Waals surface area contributed by atoms with Crippen LogP contribution in [0, 0.1) is 11.8 Å². The Kier molecular flexibility index (Phi) is 32.5. The minimum atomic E-state index is -1.39. The van der Waals surface area contributed by atoms with Crippen LogP contribution in [0.4, 0.5) is 14.4 Å². The first-order chi connectivity index (χ1) is 26.2. The lowest BCUT2D eigenvalue weighted by Crippen LogP contribution is -2.43. The number of rotatable bonds is 35. The average Bonchev–Trinajstić information content (AvgIpc) is 3.11. The zero-order chi connectivity index (χ0) is 39.5. The van der Waals surface area contributed by atoms with Gasteiger partial charge in [0.25, 0.3) is 0 Å². The Morgan fingerprint density at radius 1 is 0.444 bits per heavy atom. The Labute approximate surface area is 331 Å². The summed E-state index contributed by atoms with van der Waals surface area (Å²) in [6.45, 7) is 9.74. The van der Waals surface area contributed by atoms with Gasteiger partial charge in [-0.25, -0.2) is 14.4 Å². The van der Waals surface area contributed by atoms with Crippen LogP contribution in [0.5, 0.6) is 0 Å². The fraction of sp³-hybridized carbons (Fsp3) is 0.933. The van der Waals surface area contributed by atoms with Crippen molar-refractivity contribution in [1.29, 1.82) is 0 Å². The Morgan fingerprint density at radius 2 is 0.759 bits per heavy atom. The fourth-order valence-corrected chi connectivity index (χ4v) is 7.40. The lowest BCUT2D eigenvalue weighted by molar-refractivity contribution is -0.0963. The fourth-order valence-electron chi connectivity index (χ4n) is 7.40. The maximum Gasteiger partial charge on any atom is 0.508 e. The zero-order valence-corrected chi connectivity index (χ0v) is 35.4. The molecule has 0 saturated heterocycles. The van der Waals surface area contributed by atoms with E-state index >= 15 is 0 Å².